The second-order valence-electron chi connectivity index (χ2n) is 5.21. The fourth-order valence-corrected chi connectivity index (χ4v) is 4.02. The van der Waals surface area contributed by atoms with Crippen LogP contribution in [-0.2, 0) is 6.42 Å². The molecule has 0 aliphatic heterocycles. The SMILES string of the molecule is Clc1csc2ncnc(NCCc3ccc(Oc4nccs4)cc3)c12. The van der Waals surface area contributed by atoms with Crippen LogP contribution in [0.15, 0.2) is 47.5 Å². The number of hydrogen-bond donors (Lipinski definition) is 1. The lowest BCUT2D eigenvalue weighted by molar-refractivity contribution is 0.478. The van der Waals surface area contributed by atoms with E-state index in [4.69, 9.17) is 16.3 Å². The standard InChI is InChI=1S/C17H13ClN4OS2/c18-13-9-25-16-14(13)15(21-10-22-16)19-6-5-11-1-3-12(4-2-11)23-17-20-7-8-24-17/h1-4,7-10H,5-6H2,(H,19,21,22). The fraction of sp³-hybridized carbons (Fsp3) is 0.118. The predicted octanol–water partition coefficient (Wildman–Crippen LogP) is 5.25. The summed E-state index contributed by atoms with van der Waals surface area (Å²) in [5.74, 6) is 1.56. The number of thiophene rings is 1. The zero-order chi connectivity index (χ0) is 17.1. The Balaban J connectivity index is 1.37. The van der Waals surface area contributed by atoms with E-state index in [2.05, 4.69) is 32.4 Å². The first-order chi connectivity index (χ1) is 12.3. The number of fused-ring (bicyclic) bond motifs is 1. The first-order valence-electron chi connectivity index (χ1n) is 7.57. The minimum absolute atomic E-state index is 0.648. The van der Waals surface area contributed by atoms with E-state index in [9.17, 15) is 0 Å². The molecule has 0 bridgehead atoms. The number of benzene rings is 1. The van der Waals surface area contributed by atoms with Crippen LogP contribution in [0.1, 0.15) is 5.56 Å². The van der Waals surface area contributed by atoms with Crippen molar-refractivity contribution in [2.24, 2.45) is 0 Å². The molecule has 0 atom stereocenters. The topological polar surface area (TPSA) is 59.9 Å². The summed E-state index contributed by atoms with van der Waals surface area (Å²) < 4.78 is 5.66. The molecule has 5 nitrogen and oxygen atoms in total. The molecular formula is C17H13ClN4OS2. The maximum Gasteiger partial charge on any atom is 0.278 e. The quantitative estimate of drug-likeness (QED) is 0.489. The number of aromatic nitrogens is 3. The molecule has 25 heavy (non-hydrogen) atoms. The summed E-state index contributed by atoms with van der Waals surface area (Å²) in [6.07, 6.45) is 4.15. The number of hydrogen-bond acceptors (Lipinski definition) is 7. The van der Waals surface area contributed by atoms with Gasteiger partial charge in [0.1, 0.15) is 22.7 Å². The summed E-state index contributed by atoms with van der Waals surface area (Å²) in [4.78, 5) is 13.5. The molecule has 1 N–H and O–H groups in total. The lowest BCUT2D eigenvalue weighted by atomic mass is 10.1. The summed E-state index contributed by atoms with van der Waals surface area (Å²) >= 11 is 9.21. The van der Waals surface area contributed by atoms with Crippen LogP contribution >= 0.6 is 34.3 Å². The Morgan fingerprint density at radius 2 is 1.96 bits per heavy atom. The molecule has 0 saturated heterocycles. The van der Waals surface area contributed by atoms with Gasteiger partial charge in [-0.2, -0.15) is 0 Å². The van der Waals surface area contributed by atoms with E-state index in [1.807, 2.05) is 22.9 Å². The Bertz CT molecular complexity index is 970. The zero-order valence-corrected chi connectivity index (χ0v) is 15.4. The van der Waals surface area contributed by atoms with Crippen molar-refractivity contribution in [3.8, 4) is 10.9 Å². The third-order valence-corrected chi connectivity index (χ3v) is 5.53. The molecule has 0 fully saturated rings. The fourth-order valence-electron chi connectivity index (χ4n) is 2.39. The van der Waals surface area contributed by atoms with Gasteiger partial charge >= 0.3 is 0 Å². The Labute approximate surface area is 157 Å². The molecule has 0 unspecified atom stereocenters. The van der Waals surface area contributed by atoms with Gasteiger partial charge in [-0.05, 0) is 24.1 Å². The van der Waals surface area contributed by atoms with E-state index in [1.165, 1.54) is 28.2 Å². The minimum Gasteiger partial charge on any atom is -0.431 e. The van der Waals surface area contributed by atoms with Crippen molar-refractivity contribution in [1.29, 1.82) is 0 Å². The van der Waals surface area contributed by atoms with E-state index >= 15 is 0 Å². The van der Waals surface area contributed by atoms with Gasteiger partial charge in [0.25, 0.3) is 5.19 Å². The van der Waals surface area contributed by atoms with E-state index < -0.39 is 0 Å². The second kappa shape index (κ2) is 7.35. The molecule has 1 aromatic carbocycles. The summed E-state index contributed by atoms with van der Waals surface area (Å²) in [5.41, 5.74) is 1.21. The van der Waals surface area contributed by atoms with Crippen LogP contribution in [0.25, 0.3) is 10.2 Å². The highest BCUT2D eigenvalue weighted by Crippen LogP contribution is 2.32. The van der Waals surface area contributed by atoms with Gasteiger partial charge in [0, 0.05) is 23.5 Å². The molecule has 0 aliphatic carbocycles. The monoisotopic (exact) mass is 388 g/mol. The van der Waals surface area contributed by atoms with Crippen LogP contribution in [0.5, 0.6) is 10.9 Å². The van der Waals surface area contributed by atoms with Crippen molar-refractivity contribution < 1.29 is 4.74 Å². The number of nitrogens with one attached hydrogen (secondary N) is 1. The highest BCUT2D eigenvalue weighted by Gasteiger charge is 2.09. The molecule has 8 heteroatoms. The molecular weight excluding hydrogens is 376 g/mol. The molecule has 126 valence electrons. The lowest BCUT2D eigenvalue weighted by Crippen LogP contribution is -2.06. The maximum absolute atomic E-state index is 6.22. The first kappa shape index (κ1) is 16.3. The van der Waals surface area contributed by atoms with Crippen molar-refractivity contribution in [1.82, 2.24) is 15.0 Å². The molecule has 4 rings (SSSR count). The van der Waals surface area contributed by atoms with Crippen LogP contribution in [-0.4, -0.2) is 21.5 Å². The molecule has 3 aromatic heterocycles. The van der Waals surface area contributed by atoms with Crippen LogP contribution in [0.4, 0.5) is 5.82 Å². The van der Waals surface area contributed by atoms with Crippen molar-refractivity contribution in [3.05, 3.63) is 58.1 Å². The first-order valence-corrected chi connectivity index (χ1v) is 9.71. The highest BCUT2D eigenvalue weighted by molar-refractivity contribution is 7.17. The van der Waals surface area contributed by atoms with Gasteiger partial charge in [0.15, 0.2) is 0 Å². The predicted molar refractivity (Wildman–Crippen MR) is 103 cm³/mol. The van der Waals surface area contributed by atoms with Gasteiger partial charge in [0.2, 0.25) is 0 Å². The third kappa shape index (κ3) is 3.73. The smallest absolute Gasteiger partial charge is 0.278 e. The summed E-state index contributed by atoms with van der Waals surface area (Å²) in [6, 6.07) is 8.01. The molecule has 0 radical (unpaired) electrons. The Morgan fingerprint density at radius 1 is 1.08 bits per heavy atom. The van der Waals surface area contributed by atoms with E-state index in [0.29, 0.717) is 10.2 Å². The lowest BCUT2D eigenvalue weighted by Gasteiger charge is -2.08. The highest BCUT2D eigenvalue weighted by atomic mass is 35.5. The van der Waals surface area contributed by atoms with Gasteiger partial charge < -0.3 is 10.1 Å². The number of ether oxygens (including phenoxy) is 1. The van der Waals surface area contributed by atoms with Crippen LogP contribution in [0, 0.1) is 0 Å². The number of rotatable bonds is 6. The van der Waals surface area contributed by atoms with E-state index in [1.54, 1.807) is 12.5 Å². The molecule has 0 saturated carbocycles. The molecule has 4 aromatic rings. The summed E-state index contributed by atoms with van der Waals surface area (Å²) in [7, 11) is 0. The molecule has 0 spiro atoms. The van der Waals surface area contributed by atoms with Gasteiger partial charge in [-0.25, -0.2) is 15.0 Å². The van der Waals surface area contributed by atoms with E-state index in [0.717, 1.165) is 34.7 Å². The number of halogens is 1. The minimum atomic E-state index is 0.648. The molecule has 0 amide bonds. The van der Waals surface area contributed by atoms with Crippen molar-refractivity contribution in [3.63, 3.8) is 0 Å². The number of anilines is 1. The summed E-state index contributed by atoms with van der Waals surface area (Å²) in [5, 5.41) is 9.34. The Kier molecular flexibility index (Phi) is 4.78. The van der Waals surface area contributed by atoms with Crippen LogP contribution < -0.4 is 10.1 Å². The molecule has 0 aliphatic rings. The molecule has 3 heterocycles. The average molecular weight is 389 g/mol. The normalized spacial score (nSPS) is 10.9. The number of thiazole rings is 1. The van der Waals surface area contributed by atoms with E-state index in [-0.39, 0.29) is 0 Å². The second-order valence-corrected chi connectivity index (χ2v) is 7.33. The van der Waals surface area contributed by atoms with Crippen molar-refractivity contribution in [2.75, 3.05) is 11.9 Å². The maximum atomic E-state index is 6.22. The number of nitrogens with zero attached hydrogens (tertiary/aromatic N) is 3. The van der Waals surface area contributed by atoms with Crippen molar-refractivity contribution >= 4 is 50.3 Å². The summed E-state index contributed by atoms with van der Waals surface area (Å²) in [6.45, 7) is 0.755. The van der Waals surface area contributed by atoms with Crippen LogP contribution in [0.2, 0.25) is 5.02 Å². The van der Waals surface area contributed by atoms with Gasteiger partial charge in [-0.1, -0.05) is 35.1 Å². The Morgan fingerprint density at radius 3 is 2.76 bits per heavy atom. The van der Waals surface area contributed by atoms with Gasteiger partial charge in [-0.15, -0.1) is 11.3 Å². The third-order valence-electron chi connectivity index (χ3n) is 3.57. The largest absolute Gasteiger partial charge is 0.431 e. The Hall–Kier alpha value is -2.22. The van der Waals surface area contributed by atoms with Crippen molar-refractivity contribution in [2.45, 2.75) is 6.42 Å². The average Bonchev–Trinajstić information content (AvgIpc) is 3.27. The van der Waals surface area contributed by atoms with Gasteiger partial charge in [-0.3, -0.25) is 0 Å². The zero-order valence-electron chi connectivity index (χ0n) is 13.0. The van der Waals surface area contributed by atoms with Crippen LogP contribution in [0.3, 0.4) is 0 Å². The van der Waals surface area contributed by atoms with Gasteiger partial charge in [0.05, 0.1) is 10.4 Å².